The summed E-state index contributed by atoms with van der Waals surface area (Å²) in [4.78, 5) is 10.4. The summed E-state index contributed by atoms with van der Waals surface area (Å²) in [5.74, 6) is 1.66. The standard InChI is InChI=1S/C18H21NO5/c1-13-9-14(2)11-16(10-13)23-7-4-8-24-18-12-15(19(20)21)5-6-17(18)22-3/h5-6,9-12H,4,7-8H2,1-3H3. The van der Waals surface area contributed by atoms with Gasteiger partial charge in [0, 0.05) is 12.5 Å². The van der Waals surface area contributed by atoms with Gasteiger partial charge in [-0.05, 0) is 43.2 Å². The lowest BCUT2D eigenvalue weighted by Gasteiger charge is -2.11. The maximum absolute atomic E-state index is 10.8. The molecule has 0 spiro atoms. The number of ether oxygens (including phenoxy) is 3. The Bertz CT molecular complexity index is 694. The van der Waals surface area contributed by atoms with Crippen LogP contribution in [0.5, 0.6) is 17.2 Å². The van der Waals surface area contributed by atoms with E-state index in [2.05, 4.69) is 6.07 Å². The third-order valence-corrected chi connectivity index (χ3v) is 3.37. The Morgan fingerprint density at radius 3 is 2.25 bits per heavy atom. The van der Waals surface area contributed by atoms with E-state index in [-0.39, 0.29) is 5.69 Å². The Labute approximate surface area is 141 Å². The van der Waals surface area contributed by atoms with Gasteiger partial charge in [-0.1, -0.05) is 6.07 Å². The molecule has 0 aromatic heterocycles. The second-order valence-electron chi connectivity index (χ2n) is 5.47. The predicted molar refractivity (Wildman–Crippen MR) is 91.2 cm³/mol. The first-order valence-corrected chi connectivity index (χ1v) is 7.66. The topological polar surface area (TPSA) is 70.8 Å². The summed E-state index contributed by atoms with van der Waals surface area (Å²) in [6, 6.07) is 10.3. The van der Waals surface area contributed by atoms with Gasteiger partial charge in [0.2, 0.25) is 0 Å². The van der Waals surface area contributed by atoms with Crippen LogP contribution in [-0.2, 0) is 0 Å². The molecule has 0 fully saturated rings. The molecular formula is C18H21NO5. The monoisotopic (exact) mass is 331 g/mol. The van der Waals surface area contributed by atoms with E-state index < -0.39 is 4.92 Å². The predicted octanol–water partition coefficient (Wildman–Crippen LogP) is 4.07. The summed E-state index contributed by atoms with van der Waals surface area (Å²) < 4.78 is 16.5. The van der Waals surface area contributed by atoms with Gasteiger partial charge >= 0.3 is 0 Å². The molecule has 0 heterocycles. The van der Waals surface area contributed by atoms with Crippen molar-refractivity contribution in [2.24, 2.45) is 0 Å². The quantitative estimate of drug-likeness (QED) is 0.414. The minimum Gasteiger partial charge on any atom is -0.493 e. The van der Waals surface area contributed by atoms with Crippen molar-refractivity contribution in [3.05, 3.63) is 57.6 Å². The van der Waals surface area contributed by atoms with Gasteiger partial charge in [0.05, 0.1) is 31.3 Å². The molecule has 0 aliphatic heterocycles. The number of aryl methyl sites for hydroxylation is 2. The smallest absolute Gasteiger partial charge is 0.273 e. The minimum atomic E-state index is -0.463. The molecule has 2 rings (SSSR count). The van der Waals surface area contributed by atoms with E-state index in [1.54, 1.807) is 0 Å². The first kappa shape index (κ1) is 17.6. The van der Waals surface area contributed by atoms with Crippen LogP contribution < -0.4 is 14.2 Å². The van der Waals surface area contributed by atoms with Gasteiger partial charge in [-0.25, -0.2) is 0 Å². The molecular weight excluding hydrogens is 310 g/mol. The molecule has 2 aromatic rings. The molecule has 0 aliphatic carbocycles. The van der Waals surface area contributed by atoms with Crippen LogP contribution in [0.2, 0.25) is 0 Å². The number of non-ortho nitro benzene ring substituents is 1. The molecule has 0 N–H and O–H groups in total. The van der Waals surface area contributed by atoms with E-state index in [0.717, 1.165) is 16.9 Å². The summed E-state index contributed by atoms with van der Waals surface area (Å²) in [6.07, 6.45) is 0.652. The second-order valence-corrected chi connectivity index (χ2v) is 5.47. The van der Waals surface area contributed by atoms with E-state index in [4.69, 9.17) is 14.2 Å². The van der Waals surface area contributed by atoms with Crippen LogP contribution in [-0.4, -0.2) is 25.2 Å². The minimum absolute atomic E-state index is 0.0303. The van der Waals surface area contributed by atoms with Crippen molar-refractivity contribution in [1.82, 2.24) is 0 Å². The molecule has 6 nitrogen and oxygen atoms in total. The van der Waals surface area contributed by atoms with E-state index in [1.807, 2.05) is 26.0 Å². The summed E-state index contributed by atoms with van der Waals surface area (Å²) >= 11 is 0. The highest BCUT2D eigenvalue weighted by atomic mass is 16.6. The van der Waals surface area contributed by atoms with E-state index in [0.29, 0.717) is 31.1 Å². The summed E-state index contributed by atoms with van der Waals surface area (Å²) in [5, 5.41) is 10.8. The van der Waals surface area contributed by atoms with Crippen molar-refractivity contribution in [2.45, 2.75) is 20.3 Å². The fourth-order valence-electron chi connectivity index (χ4n) is 2.34. The molecule has 24 heavy (non-hydrogen) atoms. The molecule has 0 atom stereocenters. The Kier molecular flexibility index (Phi) is 6.01. The summed E-state index contributed by atoms with van der Waals surface area (Å²) in [5.41, 5.74) is 2.28. The lowest BCUT2D eigenvalue weighted by atomic mass is 10.1. The van der Waals surface area contributed by atoms with Crippen molar-refractivity contribution in [3.63, 3.8) is 0 Å². The molecule has 0 unspecified atom stereocenters. The third-order valence-electron chi connectivity index (χ3n) is 3.37. The number of nitro benzene ring substituents is 1. The second kappa shape index (κ2) is 8.19. The molecule has 0 saturated heterocycles. The first-order chi connectivity index (χ1) is 11.5. The maximum Gasteiger partial charge on any atom is 0.273 e. The highest BCUT2D eigenvalue weighted by molar-refractivity contribution is 5.48. The zero-order chi connectivity index (χ0) is 17.5. The van der Waals surface area contributed by atoms with E-state index >= 15 is 0 Å². The normalized spacial score (nSPS) is 10.3. The van der Waals surface area contributed by atoms with Crippen LogP contribution >= 0.6 is 0 Å². The number of hydrogen-bond donors (Lipinski definition) is 0. The van der Waals surface area contributed by atoms with Gasteiger partial charge < -0.3 is 14.2 Å². The summed E-state index contributed by atoms with van der Waals surface area (Å²) in [6.45, 7) is 4.93. The van der Waals surface area contributed by atoms with Crippen molar-refractivity contribution in [2.75, 3.05) is 20.3 Å². The van der Waals surface area contributed by atoms with Crippen LogP contribution in [0.4, 0.5) is 5.69 Å². The molecule has 6 heteroatoms. The van der Waals surface area contributed by atoms with Gasteiger partial charge in [-0.15, -0.1) is 0 Å². The Balaban J connectivity index is 1.85. The van der Waals surface area contributed by atoms with Crippen molar-refractivity contribution < 1.29 is 19.1 Å². The molecule has 128 valence electrons. The van der Waals surface area contributed by atoms with E-state index in [9.17, 15) is 10.1 Å². The number of benzene rings is 2. The number of hydrogen-bond acceptors (Lipinski definition) is 5. The fourth-order valence-corrected chi connectivity index (χ4v) is 2.34. The van der Waals surface area contributed by atoms with E-state index in [1.165, 1.54) is 25.3 Å². The van der Waals surface area contributed by atoms with Crippen LogP contribution in [0.1, 0.15) is 17.5 Å². The zero-order valence-corrected chi connectivity index (χ0v) is 14.1. The third kappa shape index (κ3) is 4.87. The van der Waals surface area contributed by atoms with Crippen LogP contribution in [0, 0.1) is 24.0 Å². The van der Waals surface area contributed by atoms with Crippen molar-refractivity contribution >= 4 is 5.69 Å². The zero-order valence-electron chi connectivity index (χ0n) is 14.1. The maximum atomic E-state index is 10.8. The molecule has 0 amide bonds. The lowest BCUT2D eigenvalue weighted by molar-refractivity contribution is -0.385. The SMILES string of the molecule is COc1ccc([N+](=O)[O-])cc1OCCCOc1cc(C)cc(C)c1. The van der Waals surface area contributed by atoms with Crippen molar-refractivity contribution in [3.8, 4) is 17.2 Å². The van der Waals surface area contributed by atoms with Crippen LogP contribution in [0.15, 0.2) is 36.4 Å². The van der Waals surface area contributed by atoms with Crippen LogP contribution in [0.25, 0.3) is 0 Å². The van der Waals surface area contributed by atoms with Gasteiger partial charge in [0.1, 0.15) is 5.75 Å². The molecule has 2 aromatic carbocycles. The fraction of sp³-hybridized carbons (Fsp3) is 0.333. The molecule has 0 radical (unpaired) electrons. The van der Waals surface area contributed by atoms with Crippen LogP contribution in [0.3, 0.4) is 0 Å². The van der Waals surface area contributed by atoms with Gasteiger partial charge in [-0.2, -0.15) is 0 Å². The Morgan fingerprint density at radius 2 is 1.62 bits per heavy atom. The van der Waals surface area contributed by atoms with Gasteiger partial charge in [0.15, 0.2) is 11.5 Å². The number of nitrogens with zero attached hydrogens (tertiary/aromatic N) is 1. The van der Waals surface area contributed by atoms with Gasteiger partial charge in [-0.3, -0.25) is 10.1 Å². The number of nitro groups is 1. The van der Waals surface area contributed by atoms with Crippen molar-refractivity contribution in [1.29, 1.82) is 0 Å². The lowest BCUT2D eigenvalue weighted by Crippen LogP contribution is -2.06. The molecule has 0 bridgehead atoms. The highest BCUT2D eigenvalue weighted by Crippen LogP contribution is 2.31. The average Bonchev–Trinajstić information content (AvgIpc) is 2.53. The first-order valence-electron chi connectivity index (χ1n) is 7.66. The largest absolute Gasteiger partial charge is 0.493 e. The Hall–Kier alpha value is -2.76. The average molecular weight is 331 g/mol. The Morgan fingerprint density at radius 1 is 0.958 bits per heavy atom. The number of rotatable bonds is 8. The molecule has 0 aliphatic rings. The highest BCUT2D eigenvalue weighted by Gasteiger charge is 2.12. The summed E-state index contributed by atoms with van der Waals surface area (Å²) in [7, 11) is 1.50. The molecule has 0 saturated carbocycles. The number of methoxy groups -OCH3 is 1. The van der Waals surface area contributed by atoms with Gasteiger partial charge in [0.25, 0.3) is 5.69 Å².